The summed E-state index contributed by atoms with van der Waals surface area (Å²) in [4.78, 5) is 40.0. The SMILES string of the molecule is O=C(CN1CC[C@@H](C(=O)NCC(=O)N[C@@H]2CCCc3ccccc32)C1)N[C@H]1CCCc2ccccc21. The van der Waals surface area contributed by atoms with E-state index in [1.165, 1.54) is 22.3 Å². The summed E-state index contributed by atoms with van der Waals surface area (Å²) in [5, 5.41) is 9.09. The van der Waals surface area contributed by atoms with Crippen molar-refractivity contribution in [2.75, 3.05) is 26.2 Å². The van der Waals surface area contributed by atoms with E-state index >= 15 is 0 Å². The van der Waals surface area contributed by atoms with Crippen LogP contribution in [0.4, 0.5) is 0 Å². The Bertz CT molecular complexity index is 1120. The predicted molar refractivity (Wildman–Crippen MR) is 138 cm³/mol. The fourth-order valence-electron chi connectivity index (χ4n) is 6.00. The van der Waals surface area contributed by atoms with Gasteiger partial charge in [-0.15, -0.1) is 0 Å². The van der Waals surface area contributed by atoms with Crippen LogP contribution in [0, 0.1) is 5.92 Å². The van der Waals surface area contributed by atoms with Gasteiger partial charge in [-0.25, -0.2) is 0 Å². The highest BCUT2D eigenvalue weighted by Gasteiger charge is 2.30. The number of likely N-dealkylation sites (tertiary alicyclic amines) is 1. The highest BCUT2D eigenvalue weighted by Crippen LogP contribution is 2.30. The second-order valence-electron chi connectivity index (χ2n) is 10.4. The molecule has 2 aliphatic carbocycles. The van der Waals surface area contributed by atoms with Crippen molar-refractivity contribution in [2.45, 2.75) is 57.0 Å². The first kappa shape index (κ1) is 24.5. The van der Waals surface area contributed by atoms with Crippen LogP contribution < -0.4 is 16.0 Å². The molecule has 0 saturated carbocycles. The number of fused-ring (bicyclic) bond motifs is 2. The first-order chi connectivity index (χ1) is 17.6. The Morgan fingerprint density at radius 3 is 2.00 bits per heavy atom. The molecule has 7 nitrogen and oxygen atoms in total. The Morgan fingerprint density at radius 1 is 0.778 bits per heavy atom. The van der Waals surface area contributed by atoms with Gasteiger partial charge in [-0.2, -0.15) is 0 Å². The number of nitrogens with one attached hydrogen (secondary N) is 3. The van der Waals surface area contributed by atoms with Crippen molar-refractivity contribution in [1.82, 2.24) is 20.9 Å². The summed E-state index contributed by atoms with van der Waals surface area (Å²) in [6, 6.07) is 16.7. The van der Waals surface area contributed by atoms with E-state index in [9.17, 15) is 14.4 Å². The maximum absolute atomic E-state index is 12.7. The zero-order valence-electron chi connectivity index (χ0n) is 20.8. The minimum Gasteiger partial charge on any atom is -0.348 e. The maximum Gasteiger partial charge on any atom is 0.239 e. The largest absolute Gasteiger partial charge is 0.348 e. The van der Waals surface area contributed by atoms with Gasteiger partial charge in [0.25, 0.3) is 0 Å². The first-order valence-corrected chi connectivity index (χ1v) is 13.3. The van der Waals surface area contributed by atoms with E-state index in [0.29, 0.717) is 26.1 Å². The molecule has 3 aliphatic rings. The Morgan fingerprint density at radius 2 is 1.36 bits per heavy atom. The van der Waals surface area contributed by atoms with Crippen molar-refractivity contribution >= 4 is 17.7 Å². The molecule has 2 aromatic rings. The van der Waals surface area contributed by atoms with Crippen molar-refractivity contribution < 1.29 is 14.4 Å². The van der Waals surface area contributed by atoms with Gasteiger partial charge in [0.2, 0.25) is 17.7 Å². The lowest BCUT2D eigenvalue weighted by Crippen LogP contribution is -2.42. The minimum atomic E-state index is -0.198. The molecule has 2 aromatic carbocycles. The lowest BCUT2D eigenvalue weighted by atomic mass is 9.88. The third-order valence-corrected chi connectivity index (χ3v) is 7.84. The second-order valence-corrected chi connectivity index (χ2v) is 10.4. The molecule has 5 rings (SSSR count). The van der Waals surface area contributed by atoms with Gasteiger partial charge in [-0.3, -0.25) is 19.3 Å². The topological polar surface area (TPSA) is 90.5 Å². The fourth-order valence-corrected chi connectivity index (χ4v) is 6.00. The van der Waals surface area contributed by atoms with E-state index in [2.05, 4.69) is 46.3 Å². The zero-order valence-corrected chi connectivity index (χ0v) is 20.8. The molecule has 0 radical (unpaired) electrons. The number of hydrogen-bond acceptors (Lipinski definition) is 4. The first-order valence-electron chi connectivity index (χ1n) is 13.3. The molecule has 1 fully saturated rings. The van der Waals surface area contributed by atoms with Crippen LogP contribution in [0.15, 0.2) is 48.5 Å². The summed E-state index contributed by atoms with van der Waals surface area (Å²) >= 11 is 0. The Kier molecular flexibility index (Phi) is 7.66. The average Bonchev–Trinajstić information content (AvgIpc) is 3.36. The smallest absolute Gasteiger partial charge is 0.239 e. The van der Waals surface area contributed by atoms with Crippen LogP contribution in [0.1, 0.15) is 66.4 Å². The summed E-state index contributed by atoms with van der Waals surface area (Å²) in [7, 11) is 0. The van der Waals surface area contributed by atoms with E-state index in [-0.39, 0.29) is 42.3 Å². The van der Waals surface area contributed by atoms with Crippen LogP contribution >= 0.6 is 0 Å². The molecule has 3 N–H and O–H groups in total. The third kappa shape index (κ3) is 5.78. The van der Waals surface area contributed by atoms with Gasteiger partial charge >= 0.3 is 0 Å². The monoisotopic (exact) mass is 488 g/mol. The van der Waals surface area contributed by atoms with Gasteiger partial charge < -0.3 is 16.0 Å². The van der Waals surface area contributed by atoms with Crippen molar-refractivity contribution in [2.24, 2.45) is 5.92 Å². The standard InChI is InChI=1S/C29H36N4O3/c34-27(31-25-13-5-9-20-7-1-3-11-23(20)25)17-30-29(36)22-15-16-33(18-22)19-28(35)32-26-14-6-10-21-8-2-4-12-24(21)26/h1-4,7-8,11-12,22,25-26H,5-6,9-10,13-19H2,(H,30,36)(H,31,34)(H,32,35)/t22-,25-,26+/m1/s1. The fraction of sp³-hybridized carbons (Fsp3) is 0.483. The molecular weight excluding hydrogens is 452 g/mol. The molecule has 0 bridgehead atoms. The van der Waals surface area contributed by atoms with Crippen molar-refractivity contribution in [3.63, 3.8) is 0 Å². The molecule has 190 valence electrons. The molecule has 3 atom stereocenters. The Hall–Kier alpha value is -3.19. The summed E-state index contributed by atoms with van der Waals surface area (Å²) in [6.45, 7) is 1.52. The van der Waals surface area contributed by atoms with Gasteiger partial charge in [0.1, 0.15) is 0 Å². The summed E-state index contributed by atoms with van der Waals surface area (Å²) < 4.78 is 0. The lowest BCUT2D eigenvalue weighted by molar-refractivity contribution is -0.128. The lowest BCUT2D eigenvalue weighted by Gasteiger charge is -2.27. The van der Waals surface area contributed by atoms with Gasteiger partial charge in [0.05, 0.1) is 31.1 Å². The molecule has 7 heteroatoms. The quantitative estimate of drug-likeness (QED) is 0.559. The second kappa shape index (κ2) is 11.2. The van der Waals surface area contributed by atoms with Crippen LogP contribution in [-0.4, -0.2) is 48.8 Å². The van der Waals surface area contributed by atoms with Gasteiger partial charge in [0.15, 0.2) is 0 Å². The minimum absolute atomic E-state index is 0.00454. The number of aryl methyl sites for hydroxylation is 2. The van der Waals surface area contributed by atoms with Crippen LogP contribution in [0.2, 0.25) is 0 Å². The number of carbonyl (C=O) groups is 3. The highest BCUT2D eigenvalue weighted by molar-refractivity contribution is 5.86. The van der Waals surface area contributed by atoms with Crippen LogP contribution in [0.3, 0.4) is 0 Å². The van der Waals surface area contributed by atoms with Crippen molar-refractivity contribution in [3.05, 3.63) is 70.8 Å². The number of amides is 3. The number of nitrogens with zero attached hydrogens (tertiary/aromatic N) is 1. The summed E-state index contributed by atoms with van der Waals surface area (Å²) in [5.41, 5.74) is 5.03. The number of hydrogen-bond donors (Lipinski definition) is 3. The highest BCUT2D eigenvalue weighted by atomic mass is 16.2. The molecule has 0 aromatic heterocycles. The van der Waals surface area contributed by atoms with Crippen molar-refractivity contribution in [1.29, 1.82) is 0 Å². The molecule has 1 saturated heterocycles. The third-order valence-electron chi connectivity index (χ3n) is 7.84. The number of benzene rings is 2. The number of carbonyl (C=O) groups excluding carboxylic acids is 3. The van der Waals surface area contributed by atoms with E-state index in [0.717, 1.165) is 38.5 Å². The Balaban J connectivity index is 1.05. The maximum atomic E-state index is 12.7. The van der Waals surface area contributed by atoms with Gasteiger partial charge in [0, 0.05) is 6.54 Å². The number of rotatable bonds is 7. The molecule has 1 heterocycles. The zero-order chi connectivity index (χ0) is 24.9. The molecule has 0 spiro atoms. The van der Waals surface area contributed by atoms with Crippen LogP contribution in [-0.2, 0) is 27.2 Å². The van der Waals surface area contributed by atoms with Crippen LogP contribution in [0.5, 0.6) is 0 Å². The summed E-state index contributed by atoms with van der Waals surface area (Å²) in [6.07, 6.45) is 6.82. The van der Waals surface area contributed by atoms with E-state index in [1.54, 1.807) is 0 Å². The predicted octanol–water partition coefficient (Wildman–Crippen LogP) is 2.81. The molecule has 3 amide bonds. The average molecular weight is 489 g/mol. The summed E-state index contributed by atoms with van der Waals surface area (Å²) in [5.74, 6) is -0.466. The van der Waals surface area contributed by atoms with E-state index in [1.807, 2.05) is 23.1 Å². The molecule has 0 unspecified atom stereocenters. The Labute approximate surface area is 213 Å². The van der Waals surface area contributed by atoms with Gasteiger partial charge in [-0.05, 0) is 73.7 Å². The van der Waals surface area contributed by atoms with Crippen LogP contribution in [0.25, 0.3) is 0 Å². The molecular formula is C29H36N4O3. The van der Waals surface area contributed by atoms with Gasteiger partial charge in [-0.1, -0.05) is 48.5 Å². The molecule has 1 aliphatic heterocycles. The van der Waals surface area contributed by atoms with E-state index in [4.69, 9.17) is 0 Å². The van der Waals surface area contributed by atoms with E-state index < -0.39 is 0 Å². The van der Waals surface area contributed by atoms with Crippen molar-refractivity contribution in [3.8, 4) is 0 Å². The molecule has 36 heavy (non-hydrogen) atoms. The normalized spacial score (nSPS) is 23.3.